The van der Waals surface area contributed by atoms with Crippen molar-refractivity contribution >= 4 is 29.0 Å². The lowest BCUT2D eigenvalue weighted by Gasteiger charge is -2.39. The molecule has 206 valence electrons. The minimum Gasteiger partial charge on any atom is -0.378 e. The second-order valence-electron chi connectivity index (χ2n) is 10.3. The summed E-state index contributed by atoms with van der Waals surface area (Å²) in [5, 5.41) is 0. The first-order valence-corrected chi connectivity index (χ1v) is 13.8. The number of aromatic nitrogens is 2. The van der Waals surface area contributed by atoms with Gasteiger partial charge in [-0.15, -0.1) is 0 Å². The van der Waals surface area contributed by atoms with Gasteiger partial charge in [-0.05, 0) is 30.7 Å². The molecule has 2 aromatic carbocycles. The van der Waals surface area contributed by atoms with E-state index < -0.39 is 0 Å². The maximum atomic E-state index is 16.1. The van der Waals surface area contributed by atoms with Gasteiger partial charge < -0.3 is 29.2 Å². The zero-order chi connectivity index (χ0) is 26.8. The molecule has 4 heterocycles. The average Bonchev–Trinajstić information content (AvgIpc) is 2.99. The maximum Gasteiger partial charge on any atom is 0.229 e. The zero-order valence-corrected chi connectivity index (χ0v) is 22.4. The molecular formula is C29H35F2N7O. The van der Waals surface area contributed by atoms with Crippen molar-refractivity contribution in [1.29, 1.82) is 0 Å². The number of anilines is 5. The standard InChI is InChI=1S/C29H35F2N7O/c1-22-6-2-4-8-24(22)34-10-14-36(15-11-34)27-26(31)28(37-18-20-39-21-19-37)33-29(32-27)38-16-12-35(13-17-38)25-9-5-3-7-23(25)30/h2-9H,10-21H2,1H3. The molecule has 3 saturated heterocycles. The largest absolute Gasteiger partial charge is 0.378 e. The molecule has 0 unspecified atom stereocenters. The third-order valence-corrected chi connectivity index (χ3v) is 7.91. The van der Waals surface area contributed by atoms with Crippen molar-refractivity contribution in [3.8, 4) is 0 Å². The summed E-state index contributed by atoms with van der Waals surface area (Å²) in [6.45, 7) is 9.86. The number of benzene rings is 2. The van der Waals surface area contributed by atoms with Crippen LogP contribution in [0.1, 0.15) is 5.56 Å². The van der Waals surface area contributed by atoms with Gasteiger partial charge in [0, 0.05) is 71.1 Å². The van der Waals surface area contributed by atoms with Gasteiger partial charge in [0.25, 0.3) is 0 Å². The Hall–Kier alpha value is -3.66. The summed E-state index contributed by atoms with van der Waals surface area (Å²) in [6.07, 6.45) is 0. The summed E-state index contributed by atoms with van der Waals surface area (Å²) in [4.78, 5) is 20.1. The number of hydrogen-bond donors (Lipinski definition) is 0. The molecule has 1 aromatic heterocycles. The Morgan fingerprint density at radius 1 is 0.590 bits per heavy atom. The van der Waals surface area contributed by atoms with E-state index in [1.54, 1.807) is 6.07 Å². The number of aryl methyl sites for hydroxylation is 1. The van der Waals surface area contributed by atoms with Crippen molar-refractivity contribution in [3.63, 3.8) is 0 Å². The summed E-state index contributed by atoms with van der Waals surface area (Å²) in [5.41, 5.74) is 3.08. The van der Waals surface area contributed by atoms with Crippen molar-refractivity contribution < 1.29 is 13.5 Å². The Labute approximate surface area is 228 Å². The molecule has 6 rings (SSSR count). The minimum atomic E-state index is -0.366. The summed E-state index contributed by atoms with van der Waals surface area (Å²) >= 11 is 0. The fourth-order valence-corrected chi connectivity index (χ4v) is 5.68. The molecule has 0 atom stereocenters. The number of rotatable bonds is 5. The molecule has 0 spiro atoms. The molecule has 0 radical (unpaired) electrons. The van der Waals surface area contributed by atoms with Crippen LogP contribution < -0.4 is 24.5 Å². The molecule has 3 aliphatic rings. The molecule has 0 saturated carbocycles. The van der Waals surface area contributed by atoms with Crippen LogP contribution in [0.15, 0.2) is 48.5 Å². The fraction of sp³-hybridized carbons (Fsp3) is 0.448. The van der Waals surface area contributed by atoms with Gasteiger partial charge in [0.15, 0.2) is 11.6 Å². The lowest BCUT2D eigenvalue weighted by Crippen LogP contribution is -2.49. The van der Waals surface area contributed by atoms with Gasteiger partial charge in [-0.25, -0.2) is 4.39 Å². The van der Waals surface area contributed by atoms with E-state index in [2.05, 4.69) is 45.9 Å². The molecule has 0 amide bonds. The van der Waals surface area contributed by atoms with Gasteiger partial charge in [0.05, 0.1) is 18.9 Å². The maximum absolute atomic E-state index is 16.1. The molecule has 8 nitrogen and oxygen atoms in total. The van der Waals surface area contributed by atoms with Crippen LogP contribution >= 0.6 is 0 Å². The second-order valence-corrected chi connectivity index (χ2v) is 10.3. The third-order valence-electron chi connectivity index (χ3n) is 7.91. The van der Waals surface area contributed by atoms with Crippen molar-refractivity contribution in [1.82, 2.24) is 9.97 Å². The Kier molecular flexibility index (Phi) is 7.36. The van der Waals surface area contributed by atoms with Gasteiger partial charge in [0.2, 0.25) is 11.8 Å². The van der Waals surface area contributed by atoms with Crippen LogP contribution in [-0.2, 0) is 4.74 Å². The molecular weight excluding hydrogens is 500 g/mol. The molecule has 0 aliphatic carbocycles. The summed E-state index contributed by atoms with van der Waals surface area (Å²) in [5.74, 6) is 0.654. The van der Waals surface area contributed by atoms with Gasteiger partial charge in [0.1, 0.15) is 5.82 Å². The topological polar surface area (TPSA) is 51.2 Å². The number of para-hydroxylation sites is 2. The smallest absolute Gasteiger partial charge is 0.229 e. The second kappa shape index (κ2) is 11.2. The summed E-state index contributed by atoms with van der Waals surface area (Å²) in [6, 6.07) is 15.2. The Balaban J connectivity index is 1.24. The van der Waals surface area contributed by atoms with Crippen LogP contribution in [0.25, 0.3) is 0 Å². The molecule has 3 fully saturated rings. The molecule has 39 heavy (non-hydrogen) atoms. The van der Waals surface area contributed by atoms with Crippen LogP contribution in [0.2, 0.25) is 0 Å². The van der Waals surface area contributed by atoms with Crippen LogP contribution in [0.4, 0.5) is 37.7 Å². The highest BCUT2D eigenvalue weighted by Gasteiger charge is 2.30. The van der Waals surface area contributed by atoms with E-state index in [-0.39, 0.29) is 11.6 Å². The van der Waals surface area contributed by atoms with Crippen molar-refractivity contribution in [2.45, 2.75) is 6.92 Å². The quantitative estimate of drug-likeness (QED) is 0.492. The van der Waals surface area contributed by atoms with E-state index in [1.807, 2.05) is 21.9 Å². The van der Waals surface area contributed by atoms with Crippen LogP contribution in [0.3, 0.4) is 0 Å². The molecule has 10 heteroatoms. The summed E-state index contributed by atoms with van der Waals surface area (Å²) in [7, 11) is 0. The van der Waals surface area contributed by atoms with Gasteiger partial charge >= 0.3 is 0 Å². The van der Waals surface area contributed by atoms with Gasteiger partial charge in [-0.1, -0.05) is 30.3 Å². The van der Waals surface area contributed by atoms with E-state index in [9.17, 15) is 4.39 Å². The third kappa shape index (κ3) is 5.30. The lowest BCUT2D eigenvalue weighted by molar-refractivity contribution is 0.122. The normalized spacial score (nSPS) is 18.6. The highest BCUT2D eigenvalue weighted by molar-refractivity contribution is 5.60. The first-order chi connectivity index (χ1) is 19.1. The van der Waals surface area contributed by atoms with Crippen LogP contribution in [-0.4, -0.2) is 88.6 Å². The molecule has 3 aliphatic heterocycles. The fourth-order valence-electron chi connectivity index (χ4n) is 5.68. The lowest BCUT2D eigenvalue weighted by atomic mass is 10.1. The zero-order valence-electron chi connectivity index (χ0n) is 22.4. The highest BCUT2D eigenvalue weighted by Crippen LogP contribution is 2.31. The monoisotopic (exact) mass is 535 g/mol. The van der Waals surface area contributed by atoms with Crippen molar-refractivity contribution in [3.05, 3.63) is 65.7 Å². The number of halogens is 2. The van der Waals surface area contributed by atoms with Gasteiger partial charge in [-0.2, -0.15) is 14.4 Å². The van der Waals surface area contributed by atoms with E-state index in [0.717, 1.165) is 13.1 Å². The number of piperazine rings is 2. The predicted octanol–water partition coefficient (Wildman–Crippen LogP) is 3.55. The van der Waals surface area contributed by atoms with Gasteiger partial charge in [-0.3, -0.25) is 0 Å². The molecule has 0 bridgehead atoms. The Morgan fingerprint density at radius 3 is 1.69 bits per heavy atom. The first-order valence-electron chi connectivity index (χ1n) is 13.8. The van der Waals surface area contributed by atoms with Crippen molar-refractivity contribution in [2.24, 2.45) is 0 Å². The van der Waals surface area contributed by atoms with Crippen LogP contribution in [0, 0.1) is 18.6 Å². The van der Waals surface area contributed by atoms with E-state index in [4.69, 9.17) is 14.7 Å². The number of nitrogens with zero attached hydrogens (tertiary/aromatic N) is 7. The van der Waals surface area contributed by atoms with E-state index in [1.165, 1.54) is 17.3 Å². The van der Waals surface area contributed by atoms with E-state index in [0.29, 0.717) is 88.8 Å². The Morgan fingerprint density at radius 2 is 1.08 bits per heavy atom. The molecule has 0 N–H and O–H groups in total. The Bertz CT molecular complexity index is 1290. The average molecular weight is 536 g/mol. The molecule has 3 aromatic rings. The first kappa shape index (κ1) is 25.6. The minimum absolute atomic E-state index is 0.217. The van der Waals surface area contributed by atoms with Crippen molar-refractivity contribution in [2.75, 3.05) is 103 Å². The summed E-state index contributed by atoms with van der Waals surface area (Å²) < 4.78 is 35.9. The number of morpholine rings is 1. The number of hydrogen-bond acceptors (Lipinski definition) is 8. The number of ether oxygens (including phenoxy) is 1. The van der Waals surface area contributed by atoms with E-state index >= 15 is 4.39 Å². The predicted molar refractivity (Wildman–Crippen MR) is 151 cm³/mol. The van der Waals surface area contributed by atoms with Crippen LogP contribution in [0.5, 0.6) is 0 Å². The SMILES string of the molecule is Cc1ccccc1N1CCN(c2nc(N3CCN(c4ccccc4F)CC3)nc(N3CCOCC3)c2F)CC1. The highest BCUT2D eigenvalue weighted by atomic mass is 19.1.